The second-order valence-electron chi connectivity index (χ2n) is 5.20. The number of halogens is 1. The van der Waals surface area contributed by atoms with Crippen molar-refractivity contribution in [2.75, 3.05) is 0 Å². The summed E-state index contributed by atoms with van der Waals surface area (Å²) in [6.07, 6.45) is 4.88. The predicted octanol–water partition coefficient (Wildman–Crippen LogP) is 4.50. The predicted molar refractivity (Wildman–Crippen MR) is 73.5 cm³/mol. The third-order valence-electron chi connectivity index (χ3n) is 3.59. The number of carbonyl (C=O) groups excluding carboxylic acids is 1. The topological polar surface area (TPSA) is 26.3 Å². The summed E-state index contributed by atoms with van der Waals surface area (Å²) < 4.78 is 5.93. The van der Waals surface area contributed by atoms with E-state index in [0.29, 0.717) is 16.3 Å². The maximum absolute atomic E-state index is 11.2. The van der Waals surface area contributed by atoms with Crippen molar-refractivity contribution < 1.29 is 9.53 Å². The second kappa shape index (κ2) is 5.75. The van der Waals surface area contributed by atoms with Crippen LogP contribution in [0.4, 0.5) is 0 Å². The molecule has 0 aromatic heterocycles. The lowest BCUT2D eigenvalue weighted by atomic mass is 9.89. The van der Waals surface area contributed by atoms with Gasteiger partial charge in [0.05, 0.1) is 11.1 Å². The molecule has 1 saturated carbocycles. The second-order valence-corrected chi connectivity index (χ2v) is 5.61. The number of carbonyl (C=O) groups is 1. The summed E-state index contributed by atoms with van der Waals surface area (Å²) in [6.45, 7) is 3.82. The maximum atomic E-state index is 11.2. The molecule has 0 unspecified atom stereocenters. The van der Waals surface area contributed by atoms with Gasteiger partial charge in [-0.3, -0.25) is 4.79 Å². The Morgan fingerprint density at radius 1 is 1.28 bits per heavy atom. The monoisotopic (exact) mass is 266 g/mol. The Kier molecular flexibility index (Phi) is 4.28. The molecule has 1 aliphatic carbocycles. The fourth-order valence-electron chi connectivity index (χ4n) is 2.34. The molecule has 0 amide bonds. The van der Waals surface area contributed by atoms with Gasteiger partial charge in [-0.15, -0.1) is 0 Å². The average molecular weight is 267 g/mol. The Labute approximate surface area is 113 Å². The summed E-state index contributed by atoms with van der Waals surface area (Å²) in [5.41, 5.74) is 0.629. The number of hydrogen-bond acceptors (Lipinski definition) is 2. The summed E-state index contributed by atoms with van der Waals surface area (Å²) in [5.74, 6) is 1.52. The summed E-state index contributed by atoms with van der Waals surface area (Å²) in [4.78, 5) is 11.2. The molecule has 0 bridgehead atoms. The minimum Gasteiger partial charge on any atom is -0.489 e. The molecule has 98 valence electrons. The summed E-state index contributed by atoms with van der Waals surface area (Å²) in [7, 11) is 0. The maximum Gasteiger partial charge on any atom is 0.159 e. The number of ketones is 1. The normalized spacial score (nSPS) is 23.7. The van der Waals surface area contributed by atoms with Crippen LogP contribution in [0, 0.1) is 5.92 Å². The van der Waals surface area contributed by atoms with E-state index in [4.69, 9.17) is 16.3 Å². The van der Waals surface area contributed by atoms with Gasteiger partial charge in [0.1, 0.15) is 5.75 Å². The lowest BCUT2D eigenvalue weighted by Crippen LogP contribution is -2.23. The van der Waals surface area contributed by atoms with Gasteiger partial charge in [-0.25, -0.2) is 0 Å². The molecule has 18 heavy (non-hydrogen) atoms. The molecule has 0 atom stereocenters. The van der Waals surface area contributed by atoms with Gasteiger partial charge in [-0.2, -0.15) is 0 Å². The Morgan fingerprint density at radius 3 is 2.50 bits per heavy atom. The Hall–Kier alpha value is -1.02. The molecular weight excluding hydrogens is 248 g/mol. The van der Waals surface area contributed by atoms with Crippen LogP contribution in [0.3, 0.4) is 0 Å². The van der Waals surface area contributed by atoms with E-state index in [-0.39, 0.29) is 11.9 Å². The van der Waals surface area contributed by atoms with Crippen LogP contribution in [0.1, 0.15) is 49.9 Å². The van der Waals surface area contributed by atoms with Crippen LogP contribution in [-0.2, 0) is 0 Å². The summed E-state index contributed by atoms with van der Waals surface area (Å²) >= 11 is 6.14. The van der Waals surface area contributed by atoms with E-state index in [2.05, 4.69) is 6.92 Å². The van der Waals surface area contributed by atoms with E-state index in [1.54, 1.807) is 18.2 Å². The lowest BCUT2D eigenvalue weighted by molar-refractivity contribution is 0.101. The zero-order valence-corrected chi connectivity index (χ0v) is 11.7. The van der Waals surface area contributed by atoms with Crippen molar-refractivity contribution in [2.45, 2.75) is 45.6 Å². The largest absolute Gasteiger partial charge is 0.489 e. The van der Waals surface area contributed by atoms with Gasteiger partial charge in [-0.1, -0.05) is 18.5 Å². The quantitative estimate of drug-likeness (QED) is 0.753. The minimum absolute atomic E-state index is 0.0231. The van der Waals surface area contributed by atoms with Gasteiger partial charge in [0, 0.05) is 5.56 Å². The molecule has 0 spiro atoms. The molecule has 1 aliphatic rings. The zero-order valence-electron chi connectivity index (χ0n) is 10.9. The SMILES string of the molecule is CC(=O)c1ccc(OC2CCC(C)CC2)c(Cl)c1. The standard InChI is InChI=1S/C15H19ClO2/c1-10-3-6-13(7-4-10)18-15-8-5-12(11(2)17)9-14(15)16/h5,8-10,13H,3-4,6-7H2,1-2H3. The first-order valence-corrected chi connectivity index (χ1v) is 6.91. The molecule has 3 heteroatoms. The van der Waals surface area contributed by atoms with Crippen LogP contribution >= 0.6 is 11.6 Å². The van der Waals surface area contributed by atoms with Gasteiger partial charge in [-0.05, 0) is 56.7 Å². The highest BCUT2D eigenvalue weighted by Gasteiger charge is 2.20. The number of benzene rings is 1. The van der Waals surface area contributed by atoms with Crippen molar-refractivity contribution in [3.05, 3.63) is 28.8 Å². The molecule has 0 radical (unpaired) electrons. The van der Waals surface area contributed by atoms with Gasteiger partial charge in [0.15, 0.2) is 5.78 Å². The van der Waals surface area contributed by atoms with Gasteiger partial charge < -0.3 is 4.74 Å². The molecule has 0 saturated heterocycles. The molecule has 1 fully saturated rings. The van der Waals surface area contributed by atoms with Crippen molar-refractivity contribution in [2.24, 2.45) is 5.92 Å². The molecular formula is C15H19ClO2. The van der Waals surface area contributed by atoms with E-state index >= 15 is 0 Å². The van der Waals surface area contributed by atoms with E-state index in [1.807, 2.05) is 0 Å². The first-order valence-electron chi connectivity index (χ1n) is 6.53. The number of rotatable bonds is 3. The van der Waals surface area contributed by atoms with Crippen molar-refractivity contribution in [1.82, 2.24) is 0 Å². The fraction of sp³-hybridized carbons (Fsp3) is 0.533. The number of ether oxygens (including phenoxy) is 1. The van der Waals surface area contributed by atoms with Crippen LogP contribution in [0.5, 0.6) is 5.75 Å². The molecule has 0 heterocycles. The minimum atomic E-state index is 0.0231. The van der Waals surface area contributed by atoms with Gasteiger partial charge in [0.25, 0.3) is 0 Å². The van der Waals surface area contributed by atoms with Crippen molar-refractivity contribution in [1.29, 1.82) is 0 Å². The van der Waals surface area contributed by atoms with Crippen molar-refractivity contribution >= 4 is 17.4 Å². The first kappa shape index (κ1) is 13.4. The van der Waals surface area contributed by atoms with E-state index in [1.165, 1.54) is 19.8 Å². The lowest BCUT2D eigenvalue weighted by Gasteiger charge is -2.27. The number of hydrogen-bond donors (Lipinski definition) is 0. The third-order valence-corrected chi connectivity index (χ3v) is 3.89. The molecule has 1 aromatic rings. The molecule has 0 N–H and O–H groups in total. The molecule has 0 aliphatic heterocycles. The highest BCUT2D eigenvalue weighted by Crippen LogP contribution is 2.31. The Bertz CT molecular complexity index is 434. The van der Waals surface area contributed by atoms with Gasteiger partial charge >= 0.3 is 0 Å². The first-order chi connectivity index (χ1) is 8.56. The van der Waals surface area contributed by atoms with Crippen molar-refractivity contribution in [3.8, 4) is 5.75 Å². The van der Waals surface area contributed by atoms with Crippen LogP contribution in [0.15, 0.2) is 18.2 Å². The smallest absolute Gasteiger partial charge is 0.159 e. The van der Waals surface area contributed by atoms with Crippen LogP contribution in [0.25, 0.3) is 0 Å². The summed E-state index contributed by atoms with van der Waals surface area (Å²) in [5, 5.41) is 0.529. The Balaban J connectivity index is 2.03. The van der Waals surface area contributed by atoms with Gasteiger partial charge in [0.2, 0.25) is 0 Å². The van der Waals surface area contributed by atoms with Crippen molar-refractivity contribution in [3.63, 3.8) is 0 Å². The Morgan fingerprint density at radius 2 is 1.94 bits per heavy atom. The van der Waals surface area contributed by atoms with E-state index < -0.39 is 0 Å². The molecule has 2 rings (SSSR count). The van der Waals surface area contributed by atoms with E-state index in [0.717, 1.165) is 18.8 Å². The zero-order chi connectivity index (χ0) is 13.1. The average Bonchev–Trinajstić information content (AvgIpc) is 2.34. The fourth-order valence-corrected chi connectivity index (χ4v) is 2.57. The third kappa shape index (κ3) is 3.26. The summed E-state index contributed by atoms with van der Waals surface area (Å²) in [6, 6.07) is 5.26. The molecule has 2 nitrogen and oxygen atoms in total. The highest BCUT2D eigenvalue weighted by atomic mass is 35.5. The van der Waals surface area contributed by atoms with Crippen LogP contribution in [0.2, 0.25) is 5.02 Å². The molecule has 1 aromatic carbocycles. The highest BCUT2D eigenvalue weighted by molar-refractivity contribution is 6.32. The van der Waals surface area contributed by atoms with Crippen LogP contribution in [-0.4, -0.2) is 11.9 Å². The van der Waals surface area contributed by atoms with Crippen LogP contribution < -0.4 is 4.74 Å². The van der Waals surface area contributed by atoms with E-state index in [9.17, 15) is 4.79 Å². The number of Topliss-reactive ketones (excluding diaryl/α,β-unsaturated/α-hetero) is 1.